The van der Waals surface area contributed by atoms with E-state index < -0.39 is 0 Å². The number of rotatable bonds is 6. The van der Waals surface area contributed by atoms with Gasteiger partial charge in [-0.15, -0.1) is 0 Å². The molecule has 1 N–H and O–H groups in total. The molecule has 1 unspecified atom stereocenters. The largest absolute Gasteiger partial charge is 0.371 e. The summed E-state index contributed by atoms with van der Waals surface area (Å²) in [6, 6.07) is 13.8. The molecule has 1 fully saturated rings. The fraction of sp³-hybridized carbons (Fsp3) is 0.381. The predicted molar refractivity (Wildman–Crippen MR) is 109 cm³/mol. The molecule has 1 amide bonds. The van der Waals surface area contributed by atoms with Crippen LogP contribution in [0.2, 0.25) is 10.0 Å². The van der Waals surface area contributed by atoms with E-state index in [1.165, 1.54) is 24.1 Å². The Morgan fingerprint density at radius 2 is 1.85 bits per heavy atom. The normalized spacial score (nSPS) is 15.1. The first-order chi connectivity index (χ1) is 12.6. The Kier molecular flexibility index (Phi) is 6.44. The maximum atomic E-state index is 12.5. The highest BCUT2D eigenvalue weighted by molar-refractivity contribution is 6.42. The quantitative estimate of drug-likeness (QED) is 0.747. The van der Waals surface area contributed by atoms with Gasteiger partial charge in [-0.05, 0) is 55.5 Å². The van der Waals surface area contributed by atoms with Crippen LogP contribution in [0.3, 0.4) is 0 Å². The molecular formula is C21H24Cl2N2O. The third-order valence-corrected chi connectivity index (χ3v) is 5.71. The molecule has 1 atom stereocenters. The van der Waals surface area contributed by atoms with E-state index in [1.807, 2.05) is 13.0 Å². The Morgan fingerprint density at radius 3 is 2.58 bits per heavy atom. The van der Waals surface area contributed by atoms with Crippen molar-refractivity contribution in [2.24, 2.45) is 0 Å². The number of nitrogens with one attached hydrogen (secondary N) is 1. The molecule has 0 spiro atoms. The number of halogens is 2. The average molecular weight is 391 g/mol. The van der Waals surface area contributed by atoms with E-state index >= 15 is 0 Å². The number of benzene rings is 2. The van der Waals surface area contributed by atoms with E-state index in [4.69, 9.17) is 23.2 Å². The SMILES string of the molecule is CC(C(=O)NCCc1ccccc1N1CCCC1)c1ccc(Cl)c(Cl)c1. The van der Waals surface area contributed by atoms with Crippen molar-refractivity contribution in [1.82, 2.24) is 5.32 Å². The molecule has 5 heteroatoms. The fourth-order valence-electron chi connectivity index (χ4n) is 3.40. The van der Waals surface area contributed by atoms with Gasteiger partial charge in [-0.2, -0.15) is 0 Å². The summed E-state index contributed by atoms with van der Waals surface area (Å²) in [5.74, 6) is -0.263. The van der Waals surface area contributed by atoms with Crippen LogP contribution in [-0.4, -0.2) is 25.5 Å². The second-order valence-corrected chi connectivity index (χ2v) is 7.57. The van der Waals surface area contributed by atoms with Gasteiger partial charge in [-0.25, -0.2) is 0 Å². The molecule has 1 aliphatic heterocycles. The zero-order valence-electron chi connectivity index (χ0n) is 15.0. The smallest absolute Gasteiger partial charge is 0.227 e. The van der Waals surface area contributed by atoms with Gasteiger partial charge in [0.15, 0.2) is 0 Å². The summed E-state index contributed by atoms with van der Waals surface area (Å²) in [5, 5.41) is 4.02. The number of nitrogens with zero attached hydrogens (tertiary/aromatic N) is 1. The summed E-state index contributed by atoms with van der Waals surface area (Å²) in [4.78, 5) is 14.9. The number of para-hydroxylation sites is 1. The first-order valence-electron chi connectivity index (χ1n) is 9.12. The monoisotopic (exact) mass is 390 g/mol. The topological polar surface area (TPSA) is 32.3 Å². The summed E-state index contributed by atoms with van der Waals surface area (Å²) in [6.45, 7) is 4.75. The van der Waals surface area contributed by atoms with Gasteiger partial charge in [-0.3, -0.25) is 4.79 Å². The van der Waals surface area contributed by atoms with E-state index in [0.29, 0.717) is 16.6 Å². The molecule has 1 heterocycles. The van der Waals surface area contributed by atoms with Crippen LogP contribution in [0.25, 0.3) is 0 Å². The van der Waals surface area contributed by atoms with Gasteiger partial charge in [0.2, 0.25) is 5.91 Å². The maximum absolute atomic E-state index is 12.5. The van der Waals surface area contributed by atoms with E-state index in [9.17, 15) is 4.79 Å². The van der Waals surface area contributed by atoms with Crippen LogP contribution in [0.15, 0.2) is 42.5 Å². The molecule has 26 heavy (non-hydrogen) atoms. The second kappa shape index (κ2) is 8.79. The molecule has 1 aliphatic rings. The van der Waals surface area contributed by atoms with Gasteiger partial charge >= 0.3 is 0 Å². The molecule has 0 aromatic heterocycles. The molecule has 2 aromatic carbocycles. The molecule has 0 bridgehead atoms. The van der Waals surface area contributed by atoms with Crippen LogP contribution < -0.4 is 10.2 Å². The highest BCUT2D eigenvalue weighted by Gasteiger charge is 2.17. The minimum absolute atomic E-state index is 0.00189. The minimum Gasteiger partial charge on any atom is -0.371 e. The third-order valence-electron chi connectivity index (χ3n) is 4.97. The lowest BCUT2D eigenvalue weighted by molar-refractivity contribution is -0.122. The summed E-state index contributed by atoms with van der Waals surface area (Å²) in [6.07, 6.45) is 3.34. The highest BCUT2D eigenvalue weighted by Crippen LogP contribution is 2.27. The Morgan fingerprint density at radius 1 is 1.12 bits per heavy atom. The van der Waals surface area contributed by atoms with Gasteiger partial charge in [0, 0.05) is 25.3 Å². The van der Waals surface area contributed by atoms with E-state index in [2.05, 4.69) is 34.5 Å². The van der Waals surface area contributed by atoms with Gasteiger partial charge in [-0.1, -0.05) is 47.5 Å². The van der Waals surface area contributed by atoms with E-state index in [-0.39, 0.29) is 11.8 Å². The van der Waals surface area contributed by atoms with Crippen molar-refractivity contribution in [1.29, 1.82) is 0 Å². The third kappa shape index (κ3) is 4.52. The Hall–Kier alpha value is -1.71. The molecular weight excluding hydrogens is 367 g/mol. The molecule has 3 rings (SSSR count). The fourth-order valence-corrected chi connectivity index (χ4v) is 3.70. The number of hydrogen-bond donors (Lipinski definition) is 1. The summed E-state index contributed by atoms with van der Waals surface area (Å²) >= 11 is 12.0. The lowest BCUT2D eigenvalue weighted by Gasteiger charge is -2.21. The number of carbonyl (C=O) groups is 1. The van der Waals surface area contributed by atoms with Crippen molar-refractivity contribution in [3.8, 4) is 0 Å². The summed E-state index contributed by atoms with van der Waals surface area (Å²) in [5.41, 5.74) is 3.46. The lowest BCUT2D eigenvalue weighted by Crippen LogP contribution is -2.30. The van der Waals surface area contributed by atoms with Crippen LogP contribution in [0.4, 0.5) is 5.69 Å². The maximum Gasteiger partial charge on any atom is 0.227 e. The number of anilines is 1. The lowest BCUT2D eigenvalue weighted by atomic mass is 10.0. The molecule has 3 nitrogen and oxygen atoms in total. The highest BCUT2D eigenvalue weighted by atomic mass is 35.5. The Balaban J connectivity index is 1.57. The van der Waals surface area contributed by atoms with Gasteiger partial charge in [0.25, 0.3) is 0 Å². The molecule has 0 saturated carbocycles. The average Bonchev–Trinajstić information content (AvgIpc) is 3.18. The zero-order chi connectivity index (χ0) is 18.5. The van der Waals surface area contributed by atoms with Crippen LogP contribution in [-0.2, 0) is 11.2 Å². The number of amides is 1. The van der Waals surface area contributed by atoms with Crippen LogP contribution in [0.5, 0.6) is 0 Å². The van der Waals surface area contributed by atoms with E-state index in [1.54, 1.807) is 12.1 Å². The van der Waals surface area contributed by atoms with Crippen LogP contribution >= 0.6 is 23.2 Å². The van der Waals surface area contributed by atoms with E-state index in [0.717, 1.165) is 25.1 Å². The first kappa shape index (κ1) is 19.1. The first-order valence-corrected chi connectivity index (χ1v) is 9.87. The number of carbonyl (C=O) groups excluding carboxylic acids is 1. The van der Waals surface area contributed by atoms with Crippen LogP contribution in [0.1, 0.15) is 36.8 Å². The second-order valence-electron chi connectivity index (χ2n) is 6.76. The number of hydrogen-bond acceptors (Lipinski definition) is 2. The van der Waals surface area contributed by atoms with Gasteiger partial charge in [0.1, 0.15) is 0 Å². The molecule has 0 aliphatic carbocycles. The van der Waals surface area contributed by atoms with Crippen LogP contribution in [0, 0.1) is 0 Å². The standard InChI is InChI=1S/C21H24Cl2N2O/c1-15(17-8-9-18(22)19(23)14-17)21(26)24-11-10-16-6-2-3-7-20(16)25-12-4-5-13-25/h2-3,6-9,14-15H,4-5,10-13H2,1H3,(H,24,26). The molecule has 1 saturated heterocycles. The van der Waals surface area contributed by atoms with Crippen molar-refractivity contribution in [3.63, 3.8) is 0 Å². The predicted octanol–water partition coefficient (Wildman–Crippen LogP) is 5.06. The van der Waals surface area contributed by atoms with Crippen molar-refractivity contribution < 1.29 is 4.79 Å². The van der Waals surface area contributed by atoms with Gasteiger partial charge < -0.3 is 10.2 Å². The van der Waals surface area contributed by atoms with Crippen molar-refractivity contribution in [2.75, 3.05) is 24.5 Å². The summed E-state index contributed by atoms with van der Waals surface area (Å²) in [7, 11) is 0. The van der Waals surface area contributed by atoms with Crippen molar-refractivity contribution in [2.45, 2.75) is 32.1 Å². The Bertz CT molecular complexity index is 772. The van der Waals surface area contributed by atoms with Crippen molar-refractivity contribution in [3.05, 3.63) is 63.6 Å². The zero-order valence-corrected chi connectivity index (χ0v) is 16.5. The summed E-state index contributed by atoms with van der Waals surface area (Å²) < 4.78 is 0. The molecule has 0 radical (unpaired) electrons. The van der Waals surface area contributed by atoms with Crippen molar-refractivity contribution >= 4 is 34.8 Å². The van der Waals surface area contributed by atoms with Gasteiger partial charge in [0.05, 0.1) is 16.0 Å². The Labute approximate surface area is 165 Å². The molecule has 2 aromatic rings. The minimum atomic E-state index is -0.265. The molecule has 138 valence electrons.